The van der Waals surface area contributed by atoms with E-state index >= 15 is 0 Å². The second-order valence-corrected chi connectivity index (χ2v) is 9.72. The molecule has 162 valence electrons. The predicted octanol–water partition coefficient (Wildman–Crippen LogP) is 4.27. The quantitative estimate of drug-likeness (QED) is 0.712. The molecule has 0 saturated heterocycles. The van der Waals surface area contributed by atoms with Crippen molar-refractivity contribution in [3.05, 3.63) is 53.6 Å². The van der Waals surface area contributed by atoms with Crippen molar-refractivity contribution >= 4 is 21.6 Å². The van der Waals surface area contributed by atoms with E-state index in [9.17, 15) is 13.2 Å². The number of aryl methyl sites for hydroxylation is 2. The van der Waals surface area contributed by atoms with E-state index < -0.39 is 10.0 Å². The average molecular weight is 431 g/mol. The maximum absolute atomic E-state index is 13.7. The average Bonchev–Trinajstić information content (AvgIpc) is 2.74. The molecule has 0 radical (unpaired) electrons. The zero-order valence-electron chi connectivity index (χ0n) is 17.8. The van der Waals surface area contributed by atoms with E-state index in [0.717, 1.165) is 43.2 Å². The summed E-state index contributed by atoms with van der Waals surface area (Å²) >= 11 is 0. The van der Waals surface area contributed by atoms with Gasteiger partial charge in [0.1, 0.15) is 10.6 Å². The number of hydrogen-bond acceptors (Lipinski definition) is 4. The second-order valence-electron chi connectivity index (χ2n) is 7.86. The van der Waals surface area contributed by atoms with Crippen molar-refractivity contribution in [2.24, 2.45) is 0 Å². The van der Waals surface area contributed by atoms with E-state index in [0.29, 0.717) is 11.4 Å². The molecule has 0 bridgehead atoms. The van der Waals surface area contributed by atoms with Crippen LogP contribution in [0.1, 0.15) is 43.2 Å². The standard InChI is InChI=1S/C23H30N2O4S/c1-17-13-14-21(29-3)22(15-17)30(27,28)25(19-10-5-4-6-11-19)16-23(26)24-20-12-8-7-9-18(20)2/h7-9,12-15,19H,4-6,10-11,16H2,1-3H3,(H,24,26). The van der Waals surface area contributed by atoms with Crippen molar-refractivity contribution in [3.63, 3.8) is 0 Å². The molecule has 0 heterocycles. The first-order valence-corrected chi connectivity index (χ1v) is 11.8. The third-order valence-electron chi connectivity index (χ3n) is 5.61. The Morgan fingerprint density at radius 1 is 1.10 bits per heavy atom. The number of para-hydroxylation sites is 1. The Labute approximate surface area is 179 Å². The van der Waals surface area contributed by atoms with Crippen molar-refractivity contribution in [1.82, 2.24) is 4.31 Å². The van der Waals surface area contributed by atoms with Gasteiger partial charge in [-0.15, -0.1) is 0 Å². The molecule has 1 saturated carbocycles. The van der Waals surface area contributed by atoms with Crippen LogP contribution in [0.25, 0.3) is 0 Å². The monoisotopic (exact) mass is 430 g/mol. The predicted molar refractivity (Wildman–Crippen MR) is 118 cm³/mol. The molecule has 1 aliphatic carbocycles. The molecule has 7 heteroatoms. The number of anilines is 1. The number of amides is 1. The number of methoxy groups -OCH3 is 1. The zero-order valence-corrected chi connectivity index (χ0v) is 18.7. The smallest absolute Gasteiger partial charge is 0.247 e. The highest BCUT2D eigenvalue weighted by Crippen LogP contribution is 2.32. The molecule has 6 nitrogen and oxygen atoms in total. The summed E-state index contributed by atoms with van der Waals surface area (Å²) < 4.78 is 34.1. The molecule has 0 aliphatic heterocycles. The minimum atomic E-state index is -3.92. The van der Waals surface area contributed by atoms with Crippen molar-refractivity contribution in [1.29, 1.82) is 0 Å². The molecule has 1 N–H and O–H groups in total. The lowest BCUT2D eigenvalue weighted by Gasteiger charge is -2.33. The summed E-state index contributed by atoms with van der Waals surface area (Å²) in [5, 5.41) is 2.87. The van der Waals surface area contributed by atoms with Crippen LogP contribution >= 0.6 is 0 Å². The van der Waals surface area contributed by atoms with Gasteiger partial charge in [-0.2, -0.15) is 4.31 Å². The molecule has 2 aromatic rings. The summed E-state index contributed by atoms with van der Waals surface area (Å²) in [6, 6.07) is 12.4. The SMILES string of the molecule is COc1ccc(C)cc1S(=O)(=O)N(CC(=O)Nc1ccccc1C)C1CCCCC1. The number of benzene rings is 2. The number of nitrogens with zero attached hydrogens (tertiary/aromatic N) is 1. The van der Waals surface area contributed by atoms with Gasteiger partial charge in [0.05, 0.1) is 13.7 Å². The van der Waals surface area contributed by atoms with E-state index in [4.69, 9.17) is 4.74 Å². The molecular formula is C23H30N2O4S. The second kappa shape index (κ2) is 9.62. The molecule has 1 aliphatic rings. The molecule has 0 unspecified atom stereocenters. The van der Waals surface area contributed by atoms with Crippen LogP contribution in [0.4, 0.5) is 5.69 Å². The number of carbonyl (C=O) groups is 1. The van der Waals surface area contributed by atoms with Gasteiger partial charge in [0, 0.05) is 11.7 Å². The topological polar surface area (TPSA) is 75.7 Å². The normalized spacial score (nSPS) is 15.2. The van der Waals surface area contributed by atoms with Crippen LogP contribution in [-0.2, 0) is 14.8 Å². The minimum Gasteiger partial charge on any atom is -0.495 e. The van der Waals surface area contributed by atoms with Crippen LogP contribution in [0.2, 0.25) is 0 Å². The van der Waals surface area contributed by atoms with Gasteiger partial charge in [0.15, 0.2) is 0 Å². The fraction of sp³-hybridized carbons (Fsp3) is 0.435. The Bertz CT molecular complexity index is 998. The molecular weight excluding hydrogens is 400 g/mol. The first kappa shape index (κ1) is 22.3. The lowest BCUT2D eigenvalue weighted by molar-refractivity contribution is -0.116. The number of hydrogen-bond donors (Lipinski definition) is 1. The first-order valence-electron chi connectivity index (χ1n) is 10.3. The Kier molecular flexibility index (Phi) is 7.15. The van der Waals surface area contributed by atoms with E-state index in [1.54, 1.807) is 12.1 Å². The van der Waals surface area contributed by atoms with E-state index in [2.05, 4.69) is 5.32 Å². The van der Waals surface area contributed by atoms with Crippen molar-refractivity contribution in [2.45, 2.75) is 56.9 Å². The minimum absolute atomic E-state index is 0.110. The number of rotatable bonds is 7. The molecule has 0 atom stereocenters. The number of carbonyl (C=O) groups excluding carboxylic acids is 1. The maximum atomic E-state index is 13.7. The lowest BCUT2D eigenvalue weighted by atomic mass is 9.95. The highest BCUT2D eigenvalue weighted by atomic mass is 32.2. The molecule has 0 spiro atoms. The van der Waals surface area contributed by atoms with Gasteiger partial charge in [0.2, 0.25) is 15.9 Å². The summed E-state index contributed by atoms with van der Waals surface area (Å²) in [7, 11) is -2.46. The lowest BCUT2D eigenvalue weighted by Crippen LogP contribution is -2.45. The molecule has 1 amide bonds. The van der Waals surface area contributed by atoms with Crippen molar-refractivity contribution in [2.75, 3.05) is 19.0 Å². The molecule has 3 rings (SSSR count). The largest absolute Gasteiger partial charge is 0.495 e. The van der Waals surface area contributed by atoms with E-state index in [1.165, 1.54) is 11.4 Å². The van der Waals surface area contributed by atoms with E-state index in [-0.39, 0.29) is 23.4 Å². The summed E-state index contributed by atoms with van der Waals surface area (Å²) in [6.45, 7) is 3.52. The summed E-state index contributed by atoms with van der Waals surface area (Å²) in [5.74, 6) is -0.0502. The fourth-order valence-electron chi connectivity index (χ4n) is 3.94. The van der Waals surface area contributed by atoms with Gasteiger partial charge >= 0.3 is 0 Å². The van der Waals surface area contributed by atoms with Gasteiger partial charge in [-0.25, -0.2) is 8.42 Å². The van der Waals surface area contributed by atoms with Crippen LogP contribution in [0.3, 0.4) is 0 Å². The van der Waals surface area contributed by atoms with Crippen LogP contribution in [-0.4, -0.2) is 38.3 Å². The van der Waals surface area contributed by atoms with E-state index in [1.807, 2.05) is 44.2 Å². The fourth-order valence-corrected chi connectivity index (χ4v) is 5.82. The zero-order chi connectivity index (χ0) is 21.7. The highest BCUT2D eigenvalue weighted by molar-refractivity contribution is 7.89. The summed E-state index contributed by atoms with van der Waals surface area (Å²) in [4.78, 5) is 13.0. The first-order chi connectivity index (χ1) is 14.3. The summed E-state index contributed by atoms with van der Waals surface area (Å²) in [6.07, 6.45) is 4.52. The Hall–Kier alpha value is -2.38. The van der Waals surface area contributed by atoms with Gasteiger partial charge in [-0.05, 0) is 56.0 Å². The molecule has 0 aromatic heterocycles. The van der Waals surface area contributed by atoms with Crippen molar-refractivity contribution in [3.8, 4) is 5.75 Å². The third-order valence-corrected chi connectivity index (χ3v) is 7.53. The van der Waals surface area contributed by atoms with Gasteiger partial charge in [-0.1, -0.05) is 43.5 Å². The Morgan fingerprint density at radius 3 is 2.47 bits per heavy atom. The maximum Gasteiger partial charge on any atom is 0.247 e. The van der Waals surface area contributed by atoms with Gasteiger partial charge in [0.25, 0.3) is 0 Å². The van der Waals surface area contributed by atoms with Gasteiger partial charge < -0.3 is 10.1 Å². The molecule has 30 heavy (non-hydrogen) atoms. The molecule has 1 fully saturated rings. The van der Waals surface area contributed by atoms with Crippen LogP contribution < -0.4 is 10.1 Å². The van der Waals surface area contributed by atoms with Gasteiger partial charge in [-0.3, -0.25) is 4.79 Å². The number of nitrogens with one attached hydrogen (secondary N) is 1. The number of ether oxygens (including phenoxy) is 1. The van der Waals surface area contributed by atoms with Crippen LogP contribution in [0, 0.1) is 13.8 Å². The summed E-state index contributed by atoms with van der Waals surface area (Å²) in [5.41, 5.74) is 2.44. The number of sulfonamides is 1. The highest BCUT2D eigenvalue weighted by Gasteiger charge is 2.35. The molecule has 2 aromatic carbocycles. The Balaban J connectivity index is 1.93. The Morgan fingerprint density at radius 2 is 1.80 bits per heavy atom. The van der Waals surface area contributed by atoms with Crippen molar-refractivity contribution < 1.29 is 17.9 Å². The third kappa shape index (κ3) is 5.02. The van der Waals surface area contributed by atoms with Crippen LogP contribution in [0.5, 0.6) is 5.75 Å². The van der Waals surface area contributed by atoms with Crippen LogP contribution in [0.15, 0.2) is 47.4 Å².